The lowest BCUT2D eigenvalue weighted by atomic mass is 10.2. The molecule has 0 aromatic heterocycles. The van der Waals surface area contributed by atoms with Gasteiger partial charge in [0.25, 0.3) is 5.91 Å². The standard InChI is InChI=1S/C19H20BrClN2O4/c1-4-26-17-9-13(8-15(20)18(17)24)10-22-23-19(25)12(3)27-16-6-5-14(21)7-11(16)2/h5-10,12,24H,4H2,1-3H3,(H,23,25). The number of benzene rings is 2. The topological polar surface area (TPSA) is 80.2 Å². The number of hydrazone groups is 1. The minimum atomic E-state index is -0.743. The number of nitrogens with one attached hydrogen (secondary N) is 1. The summed E-state index contributed by atoms with van der Waals surface area (Å²) in [5, 5.41) is 14.4. The Morgan fingerprint density at radius 3 is 2.78 bits per heavy atom. The quantitative estimate of drug-likeness (QED) is 0.478. The van der Waals surface area contributed by atoms with Crippen LogP contribution in [-0.4, -0.2) is 29.9 Å². The highest BCUT2D eigenvalue weighted by Crippen LogP contribution is 2.35. The first-order valence-corrected chi connectivity index (χ1v) is 9.40. The van der Waals surface area contributed by atoms with E-state index in [-0.39, 0.29) is 5.75 Å². The third-order valence-electron chi connectivity index (χ3n) is 3.55. The Balaban J connectivity index is 2.00. The molecule has 0 spiro atoms. The lowest BCUT2D eigenvalue weighted by Crippen LogP contribution is -2.33. The van der Waals surface area contributed by atoms with Gasteiger partial charge < -0.3 is 14.6 Å². The lowest BCUT2D eigenvalue weighted by molar-refractivity contribution is -0.127. The maximum atomic E-state index is 12.2. The monoisotopic (exact) mass is 454 g/mol. The third kappa shape index (κ3) is 5.87. The molecule has 2 rings (SSSR count). The number of nitrogens with zero attached hydrogens (tertiary/aromatic N) is 1. The number of aryl methyl sites for hydroxylation is 1. The van der Waals surface area contributed by atoms with Crippen LogP contribution in [0, 0.1) is 6.92 Å². The third-order valence-corrected chi connectivity index (χ3v) is 4.39. The van der Waals surface area contributed by atoms with Gasteiger partial charge in [-0.2, -0.15) is 5.10 Å². The molecule has 2 aromatic carbocycles. The van der Waals surface area contributed by atoms with E-state index in [0.29, 0.717) is 33.2 Å². The van der Waals surface area contributed by atoms with E-state index < -0.39 is 12.0 Å². The number of hydrogen-bond acceptors (Lipinski definition) is 5. The molecule has 6 nitrogen and oxygen atoms in total. The van der Waals surface area contributed by atoms with Crippen molar-refractivity contribution in [2.75, 3.05) is 6.61 Å². The minimum absolute atomic E-state index is 0.0124. The van der Waals surface area contributed by atoms with Crippen LogP contribution in [0.4, 0.5) is 0 Å². The van der Waals surface area contributed by atoms with E-state index in [1.807, 2.05) is 13.8 Å². The number of carbonyl (C=O) groups is 1. The van der Waals surface area contributed by atoms with Gasteiger partial charge in [-0.25, -0.2) is 5.43 Å². The zero-order valence-electron chi connectivity index (χ0n) is 15.1. The van der Waals surface area contributed by atoms with Crippen molar-refractivity contribution in [2.45, 2.75) is 26.9 Å². The van der Waals surface area contributed by atoms with Crippen molar-refractivity contribution in [2.24, 2.45) is 5.10 Å². The molecule has 0 saturated heterocycles. The van der Waals surface area contributed by atoms with Gasteiger partial charge in [0, 0.05) is 5.02 Å². The molecule has 0 fully saturated rings. The Hall–Kier alpha value is -2.25. The molecule has 2 N–H and O–H groups in total. The van der Waals surface area contributed by atoms with Crippen LogP contribution in [0.15, 0.2) is 39.9 Å². The molecule has 0 aliphatic carbocycles. The second-order valence-electron chi connectivity index (χ2n) is 5.69. The van der Waals surface area contributed by atoms with E-state index in [1.54, 1.807) is 37.3 Å². The maximum absolute atomic E-state index is 12.2. The van der Waals surface area contributed by atoms with Crippen LogP contribution in [0.5, 0.6) is 17.2 Å². The molecule has 1 amide bonds. The summed E-state index contributed by atoms with van der Waals surface area (Å²) in [4.78, 5) is 12.2. The largest absolute Gasteiger partial charge is 0.503 e. The molecule has 27 heavy (non-hydrogen) atoms. The van der Waals surface area contributed by atoms with Crippen molar-refractivity contribution in [1.82, 2.24) is 5.43 Å². The van der Waals surface area contributed by atoms with Gasteiger partial charge in [-0.15, -0.1) is 0 Å². The van der Waals surface area contributed by atoms with Gasteiger partial charge >= 0.3 is 0 Å². The number of aromatic hydroxyl groups is 1. The van der Waals surface area contributed by atoms with Crippen molar-refractivity contribution in [3.05, 3.63) is 51.0 Å². The highest BCUT2D eigenvalue weighted by atomic mass is 79.9. The smallest absolute Gasteiger partial charge is 0.280 e. The summed E-state index contributed by atoms with van der Waals surface area (Å²) < 4.78 is 11.5. The number of carbonyl (C=O) groups excluding carboxylic acids is 1. The number of phenols is 1. The van der Waals surface area contributed by atoms with Gasteiger partial charge in [0.15, 0.2) is 17.6 Å². The normalized spacial score (nSPS) is 12.0. The fourth-order valence-electron chi connectivity index (χ4n) is 2.18. The van der Waals surface area contributed by atoms with Gasteiger partial charge in [-0.3, -0.25) is 4.79 Å². The lowest BCUT2D eigenvalue weighted by Gasteiger charge is -2.15. The molecule has 0 aliphatic heterocycles. The zero-order chi connectivity index (χ0) is 20.0. The van der Waals surface area contributed by atoms with Gasteiger partial charge in [0.2, 0.25) is 0 Å². The molecule has 0 heterocycles. The number of rotatable bonds is 7. The second-order valence-corrected chi connectivity index (χ2v) is 6.98. The van der Waals surface area contributed by atoms with Crippen LogP contribution in [-0.2, 0) is 4.79 Å². The van der Waals surface area contributed by atoms with E-state index in [9.17, 15) is 9.90 Å². The first-order valence-electron chi connectivity index (χ1n) is 8.22. The summed E-state index contributed by atoms with van der Waals surface area (Å²) in [5.74, 6) is 0.520. The molecule has 0 radical (unpaired) electrons. The van der Waals surface area contributed by atoms with Gasteiger partial charge in [-0.05, 0) is 78.2 Å². The summed E-state index contributed by atoms with van der Waals surface area (Å²) in [7, 11) is 0. The van der Waals surface area contributed by atoms with Gasteiger partial charge in [0.05, 0.1) is 17.3 Å². The molecule has 0 aliphatic rings. The Morgan fingerprint density at radius 1 is 1.37 bits per heavy atom. The Labute approximate surface area is 171 Å². The van der Waals surface area contributed by atoms with Gasteiger partial charge in [-0.1, -0.05) is 11.6 Å². The number of phenolic OH excluding ortho intramolecular Hbond substituents is 1. The van der Waals surface area contributed by atoms with Crippen molar-refractivity contribution in [3.8, 4) is 17.2 Å². The van der Waals surface area contributed by atoms with Crippen molar-refractivity contribution in [3.63, 3.8) is 0 Å². The Kier molecular flexibility index (Phi) is 7.50. The van der Waals surface area contributed by atoms with Crippen molar-refractivity contribution >= 4 is 39.7 Å². The molecule has 1 atom stereocenters. The molecule has 0 saturated carbocycles. The predicted molar refractivity (Wildman–Crippen MR) is 109 cm³/mol. The van der Waals surface area contributed by atoms with Crippen molar-refractivity contribution < 1.29 is 19.4 Å². The molecule has 2 aromatic rings. The number of hydrogen-bond donors (Lipinski definition) is 2. The SMILES string of the molecule is CCOc1cc(C=NNC(=O)C(C)Oc2ccc(Cl)cc2C)cc(Br)c1O. The van der Waals surface area contributed by atoms with Crippen LogP contribution >= 0.6 is 27.5 Å². The fraction of sp³-hybridized carbons (Fsp3) is 0.263. The highest BCUT2D eigenvalue weighted by molar-refractivity contribution is 9.10. The second kappa shape index (κ2) is 9.62. The summed E-state index contributed by atoms with van der Waals surface area (Å²) in [6, 6.07) is 8.46. The Morgan fingerprint density at radius 2 is 2.11 bits per heavy atom. The van der Waals surface area contributed by atoms with E-state index in [0.717, 1.165) is 5.56 Å². The number of ether oxygens (including phenoxy) is 2. The van der Waals surface area contributed by atoms with Crippen LogP contribution < -0.4 is 14.9 Å². The molecule has 0 bridgehead atoms. The van der Waals surface area contributed by atoms with Crippen molar-refractivity contribution in [1.29, 1.82) is 0 Å². The van der Waals surface area contributed by atoms with Crippen LogP contribution in [0.1, 0.15) is 25.0 Å². The highest BCUT2D eigenvalue weighted by Gasteiger charge is 2.15. The summed E-state index contributed by atoms with van der Waals surface area (Å²) >= 11 is 9.16. The average molecular weight is 456 g/mol. The summed E-state index contributed by atoms with van der Waals surface area (Å²) in [5.41, 5.74) is 3.91. The van der Waals surface area contributed by atoms with Gasteiger partial charge in [0.1, 0.15) is 5.75 Å². The molecular formula is C19H20BrClN2O4. The van der Waals surface area contributed by atoms with Crippen LogP contribution in [0.3, 0.4) is 0 Å². The summed E-state index contributed by atoms with van der Waals surface area (Å²) in [6.45, 7) is 5.71. The minimum Gasteiger partial charge on any atom is -0.503 e. The first kappa shape index (κ1) is 21.1. The van der Waals surface area contributed by atoms with Crippen LogP contribution in [0.25, 0.3) is 0 Å². The van der Waals surface area contributed by atoms with E-state index >= 15 is 0 Å². The van der Waals surface area contributed by atoms with Crippen LogP contribution in [0.2, 0.25) is 5.02 Å². The number of halogens is 2. The predicted octanol–water partition coefficient (Wildman–Crippen LogP) is 4.43. The fourth-order valence-corrected chi connectivity index (χ4v) is 2.87. The number of amides is 1. The maximum Gasteiger partial charge on any atom is 0.280 e. The van der Waals surface area contributed by atoms with E-state index in [2.05, 4.69) is 26.5 Å². The Bertz CT molecular complexity index is 858. The summed E-state index contributed by atoms with van der Waals surface area (Å²) in [6.07, 6.45) is 0.706. The van der Waals surface area contributed by atoms with E-state index in [1.165, 1.54) is 6.21 Å². The molecule has 1 unspecified atom stereocenters. The molecule has 144 valence electrons. The van der Waals surface area contributed by atoms with E-state index in [4.69, 9.17) is 21.1 Å². The molecule has 8 heteroatoms. The zero-order valence-corrected chi connectivity index (χ0v) is 17.5. The first-order chi connectivity index (χ1) is 12.8. The average Bonchev–Trinajstić information content (AvgIpc) is 2.61. The molecular weight excluding hydrogens is 436 g/mol.